The van der Waals surface area contributed by atoms with E-state index in [0.29, 0.717) is 17.7 Å². The lowest BCUT2D eigenvalue weighted by molar-refractivity contribution is -0.143. The van der Waals surface area contributed by atoms with Gasteiger partial charge in [0.1, 0.15) is 0 Å². The molecule has 0 saturated carbocycles. The van der Waals surface area contributed by atoms with Crippen LogP contribution in [0.5, 0.6) is 0 Å². The first-order valence-corrected chi connectivity index (χ1v) is 9.44. The quantitative estimate of drug-likeness (QED) is 0.808. The lowest BCUT2D eigenvalue weighted by atomic mass is 9.88. The van der Waals surface area contributed by atoms with Crippen molar-refractivity contribution >= 4 is 5.91 Å². The van der Waals surface area contributed by atoms with Crippen LogP contribution in [0, 0.1) is 11.8 Å². The summed E-state index contributed by atoms with van der Waals surface area (Å²) in [7, 11) is 0. The molecular formula is C18H35N3O2. The van der Waals surface area contributed by atoms with Gasteiger partial charge in [0.05, 0.1) is 19.3 Å². The SMILES string of the molecule is CCC(CC)C(C(=O)N1CCC(C(C)N)CC1)N1CCOCC1. The molecule has 0 bridgehead atoms. The van der Waals surface area contributed by atoms with E-state index >= 15 is 0 Å². The Balaban J connectivity index is 2.04. The van der Waals surface area contributed by atoms with Crippen LogP contribution >= 0.6 is 0 Å². The molecule has 2 heterocycles. The van der Waals surface area contributed by atoms with Crippen molar-refractivity contribution in [1.82, 2.24) is 9.80 Å². The van der Waals surface area contributed by atoms with Crippen molar-refractivity contribution in [2.24, 2.45) is 17.6 Å². The Morgan fingerprint density at radius 3 is 2.17 bits per heavy atom. The van der Waals surface area contributed by atoms with Crippen LogP contribution in [0.25, 0.3) is 0 Å². The number of carbonyl (C=O) groups is 1. The van der Waals surface area contributed by atoms with Crippen molar-refractivity contribution in [3.63, 3.8) is 0 Å². The summed E-state index contributed by atoms with van der Waals surface area (Å²) in [6, 6.07) is 0.266. The third kappa shape index (κ3) is 4.68. The fraction of sp³-hybridized carbons (Fsp3) is 0.944. The predicted octanol–water partition coefficient (Wildman–Crippen LogP) is 1.71. The molecule has 5 heteroatoms. The van der Waals surface area contributed by atoms with Crippen molar-refractivity contribution < 1.29 is 9.53 Å². The first kappa shape index (κ1) is 18.7. The van der Waals surface area contributed by atoms with E-state index in [1.807, 2.05) is 0 Å². The van der Waals surface area contributed by atoms with Gasteiger partial charge in [0.15, 0.2) is 0 Å². The number of carbonyl (C=O) groups excluding carboxylic acids is 1. The molecule has 2 fully saturated rings. The highest BCUT2D eigenvalue weighted by atomic mass is 16.5. The van der Waals surface area contributed by atoms with Gasteiger partial charge in [-0.3, -0.25) is 9.69 Å². The number of rotatable bonds is 6. The third-order valence-electron chi connectivity index (χ3n) is 5.78. The van der Waals surface area contributed by atoms with Crippen molar-refractivity contribution in [2.45, 2.75) is 58.5 Å². The Kier molecular flexibility index (Phi) is 7.31. The first-order valence-electron chi connectivity index (χ1n) is 9.44. The number of hydrogen-bond donors (Lipinski definition) is 1. The fourth-order valence-corrected chi connectivity index (χ4v) is 4.08. The van der Waals surface area contributed by atoms with Gasteiger partial charge in [-0.25, -0.2) is 0 Å². The number of likely N-dealkylation sites (tertiary alicyclic amines) is 1. The monoisotopic (exact) mass is 325 g/mol. The highest BCUT2D eigenvalue weighted by molar-refractivity contribution is 5.82. The van der Waals surface area contributed by atoms with E-state index in [1.54, 1.807) is 0 Å². The van der Waals surface area contributed by atoms with E-state index in [9.17, 15) is 4.79 Å². The predicted molar refractivity (Wildman–Crippen MR) is 93.2 cm³/mol. The van der Waals surface area contributed by atoms with Crippen LogP contribution < -0.4 is 5.73 Å². The summed E-state index contributed by atoms with van der Waals surface area (Å²) >= 11 is 0. The second-order valence-electron chi connectivity index (χ2n) is 7.19. The molecule has 2 N–H and O–H groups in total. The fourth-order valence-electron chi connectivity index (χ4n) is 4.08. The third-order valence-corrected chi connectivity index (χ3v) is 5.78. The van der Waals surface area contributed by atoms with E-state index in [0.717, 1.165) is 65.1 Å². The number of nitrogens with zero attached hydrogens (tertiary/aromatic N) is 2. The molecular weight excluding hydrogens is 290 g/mol. The molecule has 134 valence electrons. The van der Waals surface area contributed by atoms with Crippen LogP contribution in [0.2, 0.25) is 0 Å². The van der Waals surface area contributed by atoms with Crippen LogP contribution in [0.15, 0.2) is 0 Å². The summed E-state index contributed by atoms with van der Waals surface area (Å²) in [6.07, 6.45) is 4.20. The molecule has 5 nitrogen and oxygen atoms in total. The molecule has 2 aliphatic heterocycles. The van der Waals surface area contributed by atoms with Crippen LogP contribution in [0.4, 0.5) is 0 Å². The van der Waals surface area contributed by atoms with Gasteiger partial charge in [-0.15, -0.1) is 0 Å². The highest BCUT2D eigenvalue weighted by Gasteiger charge is 2.37. The minimum absolute atomic E-state index is 0.0285. The maximum Gasteiger partial charge on any atom is 0.240 e. The Hall–Kier alpha value is -0.650. The second kappa shape index (κ2) is 9.00. The molecule has 0 aromatic rings. The molecule has 2 saturated heterocycles. The van der Waals surface area contributed by atoms with E-state index in [4.69, 9.17) is 10.5 Å². The Morgan fingerprint density at radius 1 is 1.13 bits per heavy atom. The lowest BCUT2D eigenvalue weighted by Crippen LogP contribution is -2.56. The molecule has 2 unspecified atom stereocenters. The van der Waals surface area contributed by atoms with Gasteiger partial charge in [-0.1, -0.05) is 26.7 Å². The molecule has 2 rings (SSSR count). The zero-order valence-electron chi connectivity index (χ0n) is 15.2. The Morgan fingerprint density at radius 2 is 1.70 bits per heavy atom. The van der Waals surface area contributed by atoms with Gasteiger partial charge in [0.2, 0.25) is 5.91 Å². The summed E-state index contributed by atoms with van der Waals surface area (Å²) in [5, 5.41) is 0. The topological polar surface area (TPSA) is 58.8 Å². The molecule has 2 atom stereocenters. The van der Waals surface area contributed by atoms with Crippen molar-refractivity contribution in [2.75, 3.05) is 39.4 Å². The van der Waals surface area contributed by atoms with E-state index < -0.39 is 0 Å². The molecule has 2 aliphatic rings. The lowest BCUT2D eigenvalue weighted by Gasteiger charge is -2.42. The number of piperidine rings is 1. The Bertz CT molecular complexity index is 357. The second-order valence-corrected chi connectivity index (χ2v) is 7.19. The minimum Gasteiger partial charge on any atom is -0.379 e. The van der Waals surface area contributed by atoms with Crippen molar-refractivity contribution in [3.8, 4) is 0 Å². The normalized spacial score (nSPS) is 24.0. The van der Waals surface area contributed by atoms with E-state index in [1.165, 1.54) is 0 Å². The van der Waals surface area contributed by atoms with Crippen LogP contribution in [-0.2, 0) is 9.53 Å². The molecule has 1 amide bonds. The maximum absolute atomic E-state index is 13.2. The van der Waals surface area contributed by atoms with Crippen LogP contribution in [-0.4, -0.2) is 67.2 Å². The first-order chi connectivity index (χ1) is 11.1. The summed E-state index contributed by atoms with van der Waals surface area (Å²) in [5.74, 6) is 1.34. The number of hydrogen-bond acceptors (Lipinski definition) is 4. The number of nitrogens with two attached hydrogens (primary N) is 1. The van der Waals surface area contributed by atoms with Gasteiger partial charge < -0.3 is 15.4 Å². The van der Waals surface area contributed by atoms with Crippen LogP contribution in [0.3, 0.4) is 0 Å². The van der Waals surface area contributed by atoms with Crippen molar-refractivity contribution in [3.05, 3.63) is 0 Å². The highest BCUT2D eigenvalue weighted by Crippen LogP contribution is 2.25. The summed E-state index contributed by atoms with van der Waals surface area (Å²) in [5.41, 5.74) is 6.03. The summed E-state index contributed by atoms with van der Waals surface area (Å²) in [6.45, 7) is 11.5. The molecule has 23 heavy (non-hydrogen) atoms. The van der Waals surface area contributed by atoms with E-state index in [-0.39, 0.29) is 12.1 Å². The molecule has 0 radical (unpaired) electrons. The largest absolute Gasteiger partial charge is 0.379 e. The number of amides is 1. The van der Waals surface area contributed by atoms with Crippen molar-refractivity contribution in [1.29, 1.82) is 0 Å². The molecule has 0 aromatic heterocycles. The zero-order valence-corrected chi connectivity index (χ0v) is 15.2. The molecule has 0 spiro atoms. The smallest absolute Gasteiger partial charge is 0.240 e. The minimum atomic E-state index is 0.0285. The van der Waals surface area contributed by atoms with Gasteiger partial charge in [-0.2, -0.15) is 0 Å². The number of ether oxygens (including phenoxy) is 1. The summed E-state index contributed by atoms with van der Waals surface area (Å²) < 4.78 is 5.48. The molecule has 0 aromatic carbocycles. The standard InChI is InChI=1S/C18H35N3O2/c1-4-15(5-2)17(20-10-12-23-13-11-20)18(22)21-8-6-16(7-9-21)14(3)19/h14-17H,4-13,19H2,1-3H3. The van der Waals surface area contributed by atoms with Gasteiger partial charge in [-0.05, 0) is 31.6 Å². The zero-order chi connectivity index (χ0) is 16.8. The van der Waals surface area contributed by atoms with Gasteiger partial charge >= 0.3 is 0 Å². The average Bonchev–Trinajstić information content (AvgIpc) is 2.59. The average molecular weight is 325 g/mol. The van der Waals surface area contributed by atoms with E-state index in [2.05, 4.69) is 30.6 Å². The molecule has 0 aliphatic carbocycles. The Labute approximate surface area is 141 Å². The summed E-state index contributed by atoms with van der Waals surface area (Å²) in [4.78, 5) is 17.7. The van der Waals surface area contributed by atoms with Gasteiger partial charge in [0, 0.05) is 32.2 Å². The maximum atomic E-state index is 13.2. The number of morpholine rings is 1. The van der Waals surface area contributed by atoms with Crippen LogP contribution in [0.1, 0.15) is 46.5 Å². The van der Waals surface area contributed by atoms with Gasteiger partial charge in [0.25, 0.3) is 0 Å².